The van der Waals surface area contributed by atoms with E-state index in [4.69, 9.17) is 11.6 Å². The van der Waals surface area contributed by atoms with E-state index in [9.17, 15) is 13.2 Å². The van der Waals surface area contributed by atoms with Gasteiger partial charge in [0, 0.05) is 16.0 Å². The molecule has 2 atom stereocenters. The molecular weight excluding hydrogens is 440 g/mol. The van der Waals surface area contributed by atoms with E-state index in [0.717, 1.165) is 11.3 Å². The van der Waals surface area contributed by atoms with Gasteiger partial charge in [-0.05, 0) is 35.2 Å². The van der Waals surface area contributed by atoms with Gasteiger partial charge in [0.2, 0.25) is 0 Å². The fourth-order valence-electron chi connectivity index (χ4n) is 3.84. The van der Waals surface area contributed by atoms with Gasteiger partial charge in [-0.25, -0.2) is 8.42 Å². The van der Waals surface area contributed by atoms with E-state index >= 15 is 0 Å². The highest BCUT2D eigenvalue weighted by atomic mass is 35.5. The molecule has 8 heteroatoms. The largest absolute Gasteiger partial charge is 0.316 e. The first-order valence-electron chi connectivity index (χ1n) is 9.85. The summed E-state index contributed by atoms with van der Waals surface area (Å²) in [6.07, 6.45) is 0.109. The van der Waals surface area contributed by atoms with E-state index < -0.39 is 9.84 Å². The highest BCUT2D eigenvalue weighted by molar-refractivity contribution is 8.16. The summed E-state index contributed by atoms with van der Waals surface area (Å²) >= 11 is 7.56. The first-order valence-corrected chi connectivity index (χ1v) is 12.9. The Morgan fingerprint density at radius 1 is 1.17 bits per heavy atom. The summed E-state index contributed by atoms with van der Waals surface area (Å²) in [4.78, 5) is 19.0. The van der Waals surface area contributed by atoms with E-state index in [1.54, 1.807) is 6.07 Å². The standard InChI is InChI=1S/C22H23ClN2O3S2/c1-14(2)15-7-9-17(10-8-15)25-19-12-30(27,28)13-20(19)29-22(25)24-21(26)11-16-5-3-4-6-18(16)23/h3-10,14,19-20H,11-13H2,1-2H3/t19-,20+/m1/s1. The molecular formula is C22H23ClN2O3S2. The number of sulfone groups is 1. The summed E-state index contributed by atoms with van der Waals surface area (Å²) in [6, 6.07) is 15.1. The van der Waals surface area contributed by atoms with Crippen LogP contribution < -0.4 is 4.90 Å². The second-order valence-corrected chi connectivity index (χ2v) is 11.7. The van der Waals surface area contributed by atoms with Crippen LogP contribution in [0.1, 0.15) is 30.9 Å². The van der Waals surface area contributed by atoms with Gasteiger partial charge in [0.15, 0.2) is 15.0 Å². The van der Waals surface area contributed by atoms with Crippen LogP contribution in [0.3, 0.4) is 0 Å². The molecule has 2 aliphatic heterocycles. The minimum absolute atomic E-state index is 0.0777. The number of carbonyl (C=O) groups is 1. The van der Waals surface area contributed by atoms with Crippen molar-refractivity contribution in [3.8, 4) is 0 Å². The number of fused-ring (bicyclic) bond motifs is 1. The molecule has 0 saturated carbocycles. The van der Waals surface area contributed by atoms with Gasteiger partial charge in [0.1, 0.15) is 0 Å². The van der Waals surface area contributed by atoms with Crippen LogP contribution in [0.4, 0.5) is 5.69 Å². The van der Waals surface area contributed by atoms with Crippen molar-refractivity contribution in [3.05, 3.63) is 64.7 Å². The van der Waals surface area contributed by atoms with Crippen LogP contribution in [0.5, 0.6) is 0 Å². The van der Waals surface area contributed by atoms with Crippen molar-refractivity contribution in [2.45, 2.75) is 37.5 Å². The lowest BCUT2D eigenvalue weighted by molar-refractivity contribution is -0.117. The van der Waals surface area contributed by atoms with Crippen LogP contribution in [0.2, 0.25) is 5.02 Å². The molecule has 158 valence electrons. The monoisotopic (exact) mass is 462 g/mol. The molecule has 2 heterocycles. The maximum absolute atomic E-state index is 12.7. The zero-order valence-electron chi connectivity index (χ0n) is 16.8. The lowest BCUT2D eigenvalue weighted by atomic mass is 10.0. The molecule has 4 rings (SSSR count). The third-order valence-electron chi connectivity index (χ3n) is 5.42. The smallest absolute Gasteiger partial charge is 0.252 e. The Hall–Kier alpha value is -1.83. The van der Waals surface area contributed by atoms with E-state index in [-0.39, 0.29) is 35.1 Å². The molecule has 0 N–H and O–H groups in total. The maximum atomic E-state index is 12.7. The van der Waals surface area contributed by atoms with Crippen LogP contribution in [-0.2, 0) is 21.1 Å². The molecule has 2 fully saturated rings. The molecule has 0 bridgehead atoms. The van der Waals surface area contributed by atoms with Crippen molar-refractivity contribution in [2.24, 2.45) is 4.99 Å². The summed E-state index contributed by atoms with van der Waals surface area (Å²) in [5, 5.41) is 0.982. The Bertz CT molecular complexity index is 1100. The minimum Gasteiger partial charge on any atom is -0.316 e. The fourth-order valence-corrected chi connectivity index (χ4v) is 7.97. The molecule has 5 nitrogen and oxygen atoms in total. The fraction of sp³-hybridized carbons (Fsp3) is 0.364. The van der Waals surface area contributed by atoms with E-state index in [1.165, 1.54) is 17.3 Å². The SMILES string of the molecule is CC(C)c1ccc(N2C(=NC(=O)Cc3ccccc3Cl)S[C@H]3CS(=O)(=O)C[C@H]32)cc1. The van der Waals surface area contributed by atoms with Crippen LogP contribution in [-0.4, -0.2) is 42.3 Å². The Kier molecular flexibility index (Phi) is 5.97. The van der Waals surface area contributed by atoms with Gasteiger partial charge in [-0.2, -0.15) is 4.99 Å². The third kappa shape index (κ3) is 4.43. The van der Waals surface area contributed by atoms with Crippen LogP contribution in [0, 0.1) is 0 Å². The lowest BCUT2D eigenvalue weighted by Crippen LogP contribution is -2.37. The number of halogens is 1. The number of benzene rings is 2. The van der Waals surface area contributed by atoms with Gasteiger partial charge < -0.3 is 4.90 Å². The predicted octanol–water partition coefficient (Wildman–Crippen LogP) is 4.31. The molecule has 0 unspecified atom stereocenters. The van der Waals surface area contributed by atoms with Crippen molar-refractivity contribution in [3.63, 3.8) is 0 Å². The average Bonchev–Trinajstić information content (AvgIpc) is 3.14. The zero-order chi connectivity index (χ0) is 21.5. The van der Waals surface area contributed by atoms with E-state index in [2.05, 4.69) is 18.8 Å². The average molecular weight is 463 g/mol. The summed E-state index contributed by atoms with van der Waals surface area (Å²) in [5.41, 5.74) is 2.79. The molecule has 0 aromatic heterocycles. The second kappa shape index (κ2) is 8.36. The Morgan fingerprint density at radius 2 is 1.87 bits per heavy atom. The summed E-state index contributed by atoms with van der Waals surface area (Å²) in [5.74, 6) is 0.295. The number of hydrogen-bond acceptors (Lipinski definition) is 4. The number of hydrogen-bond donors (Lipinski definition) is 0. The molecule has 0 aliphatic carbocycles. The number of rotatable bonds is 4. The summed E-state index contributed by atoms with van der Waals surface area (Å²) < 4.78 is 24.4. The zero-order valence-corrected chi connectivity index (χ0v) is 19.2. The molecule has 1 amide bonds. The molecule has 0 radical (unpaired) electrons. The molecule has 0 spiro atoms. The highest BCUT2D eigenvalue weighted by Gasteiger charge is 2.49. The first-order chi connectivity index (χ1) is 14.2. The molecule has 2 aromatic carbocycles. The topological polar surface area (TPSA) is 66.8 Å². The Labute approximate surface area is 186 Å². The molecule has 30 heavy (non-hydrogen) atoms. The number of carbonyl (C=O) groups excluding carboxylic acids is 1. The highest BCUT2D eigenvalue weighted by Crippen LogP contribution is 2.41. The number of nitrogens with zero attached hydrogens (tertiary/aromatic N) is 2. The Balaban J connectivity index is 1.64. The first kappa shape index (κ1) is 21.4. The van der Waals surface area contributed by atoms with Crippen LogP contribution in [0.15, 0.2) is 53.5 Å². The van der Waals surface area contributed by atoms with Gasteiger partial charge >= 0.3 is 0 Å². The summed E-state index contributed by atoms with van der Waals surface area (Å²) in [6.45, 7) is 4.25. The molecule has 2 saturated heterocycles. The molecule has 2 aliphatic rings. The van der Waals surface area contributed by atoms with Crippen LogP contribution in [0.25, 0.3) is 0 Å². The number of aliphatic imine (C=N–C) groups is 1. The normalized spacial score (nSPS) is 23.9. The van der Waals surface area contributed by atoms with Gasteiger partial charge in [-0.15, -0.1) is 0 Å². The molecule has 2 aromatic rings. The number of amides is 1. The van der Waals surface area contributed by atoms with Gasteiger partial charge in [-0.3, -0.25) is 4.79 Å². The predicted molar refractivity (Wildman–Crippen MR) is 124 cm³/mol. The third-order valence-corrected chi connectivity index (χ3v) is 9.00. The second-order valence-electron chi connectivity index (χ2n) is 7.97. The van der Waals surface area contributed by atoms with Gasteiger partial charge in [0.05, 0.1) is 24.0 Å². The number of amidine groups is 1. The van der Waals surface area contributed by atoms with Crippen LogP contribution >= 0.6 is 23.4 Å². The van der Waals surface area contributed by atoms with E-state index in [0.29, 0.717) is 16.1 Å². The quantitative estimate of drug-likeness (QED) is 0.677. The van der Waals surface area contributed by atoms with Crippen molar-refractivity contribution in [1.29, 1.82) is 0 Å². The lowest BCUT2D eigenvalue weighted by Gasteiger charge is -2.25. The number of anilines is 1. The minimum atomic E-state index is -3.09. The van der Waals surface area contributed by atoms with E-state index in [1.807, 2.05) is 47.4 Å². The van der Waals surface area contributed by atoms with Gasteiger partial charge in [-0.1, -0.05) is 67.5 Å². The summed E-state index contributed by atoms with van der Waals surface area (Å²) in [7, 11) is -3.09. The maximum Gasteiger partial charge on any atom is 0.252 e. The Morgan fingerprint density at radius 3 is 2.53 bits per heavy atom. The number of thioether (sulfide) groups is 1. The van der Waals surface area contributed by atoms with Crippen molar-refractivity contribution in [1.82, 2.24) is 0 Å². The van der Waals surface area contributed by atoms with Crippen molar-refractivity contribution in [2.75, 3.05) is 16.4 Å². The van der Waals surface area contributed by atoms with Gasteiger partial charge in [0.25, 0.3) is 5.91 Å². The van der Waals surface area contributed by atoms with Crippen molar-refractivity contribution < 1.29 is 13.2 Å². The van der Waals surface area contributed by atoms with Crippen molar-refractivity contribution >= 4 is 50.0 Å².